The quantitative estimate of drug-likeness (QED) is 0.262. The van der Waals surface area contributed by atoms with Crippen LogP contribution in [-0.4, -0.2) is 46.3 Å². The average molecular weight is 511 g/mol. The molecular weight excluding hydrogens is 490 g/mol. The zero-order valence-corrected chi connectivity index (χ0v) is 19.6. The van der Waals surface area contributed by atoms with E-state index >= 15 is 0 Å². The molecule has 2 aromatic rings. The maximum Gasteiger partial charge on any atom is 0.338 e. The number of nitrogens with zero attached hydrogens (tertiary/aromatic N) is 2. The van der Waals surface area contributed by atoms with Gasteiger partial charge in [-0.3, -0.25) is 14.5 Å². The number of esters is 1. The van der Waals surface area contributed by atoms with Crippen LogP contribution in [0.1, 0.15) is 36.2 Å². The number of nitrogens with one attached hydrogen (secondary N) is 1. The Bertz CT molecular complexity index is 1170. The van der Waals surface area contributed by atoms with Crippen LogP contribution in [0, 0.1) is 23.3 Å². The number of hydrogen-bond donors (Lipinski definition) is 1. The highest BCUT2D eigenvalue weighted by Gasteiger charge is 2.36. The summed E-state index contributed by atoms with van der Waals surface area (Å²) in [6.07, 6.45) is -0.273. The van der Waals surface area contributed by atoms with Crippen LogP contribution in [0.4, 0.5) is 23.2 Å². The van der Waals surface area contributed by atoms with E-state index in [0.717, 1.165) is 16.7 Å². The van der Waals surface area contributed by atoms with E-state index < -0.39 is 58.4 Å². The minimum absolute atomic E-state index is 0.0362. The molecule has 1 aliphatic rings. The van der Waals surface area contributed by atoms with Gasteiger partial charge in [0.15, 0.2) is 28.4 Å². The molecule has 12 heteroatoms. The Morgan fingerprint density at radius 1 is 1.11 bits per heavy atom. The summed E-state index contributed by atoms with van der Waals surface area (Å²) in [7, 11) is 0. The van der Waals surface area contributed by atoms with Crippen LogP contribution >= 0.6 is 11.8 Å². The van der Waals surface area contributed by atoms with E-state index in [9.17, 15) is 31.9 Å². The molecule has 2 aromatic carbocycles. The number of amides is 2. The van der Waals surface area contributed by atoms with Crippen molar-refractivity contribution in [3.63, 3.8) is 0 Å². The van der Waals surface area contributed by atoms with Gasteiger partial charge in [0.05, 0.1) is 29.7 Å². The minimum atomic E-state index is -2.00. The lowest BCUT2D eigenvalue weighted by molar-refractivity contribution is -0.130. The zero-order valence-electron chi connectivity index (χ0n) is 18.7. The van der Waals surface area contributed by atoms with Crippen molar-refractivity contribution in [2.45, 2.75) is 32.1 Å². The largest absolute Gasteiger partial charge is 0.462 e. The molecule has 0 aliphatic carbocycles. The van der Waals surface area contributed by atoms with Gasteiger partial charge in [0.2, 0.25) is 11.8 Å². The van der Waals surface area contributed by atoms with Crippen molar-refractivity contribution >= 4 is 40.4 Å². The highest BCUT2D eigenvalue weighted by atomic mass is 32.2. The molecule has 0 saturated carbocycles. The van der Waals surface area contributed by atoms with Gasteiger partial charge in [-0.1, -0.05) is 11.8 Å². The third kappa shape index (κ3) is 5.99. The molecule has 1 heterocycles. The van der Waals surface area contributed by atoms with E-state index in [1.54, 1.807) is 13.8 Å². The van der Waals surface area contributed by atoms with Gasteiger partial charge in [0.1, 0.15) is 0 Å². The number of thioether (sulfide) groups is 1. The van der Waals surface area contributed by atoms with Crippen LogP contribution in [0.3, 0.4) is 0 Å². The van der Waals surface area contributed by atoms with Crippen molar-refractivity contribution in [3.05, 3.63) is 64.7 Å². The van der Waals surface area contributed by atoms with E-state index in [-0.39, 0.29) is 29.4 Å². The van der Waals surface area contributed by atoms with E-state index in [2.05, 4.69) is 10.3 Å². The first-order chi connectivity index (χ1) is 16.7. The third-order valence-corrected chi connectivity index (χ3v) is 6.08. The first-order valence-electron chi connectivity index (χ1n) is 10.6. The number of halogens is 4. The lowest BCUT2D eigenvalue weighted by Crippen LogP contribution is -2.46. The summed E-state index contributed by atoms with van der Waals surface area (Å²) in [4.78, 5) is 42.4. The summed E-state index contributed by atoms with van der Waals surface area (Å²) < 4.78 is 60.0. The topological polar surface area (TPSA) is 88.1 Å². The van der Waals surface area contributed by atoms with Gasteiger partial charge in [-0.25, -0.2) is 27.3 Å². The normalized spacial score (nSPS) is 17.0. The average Bonchev–Trinajstić information content (AvgIpc) is 2.83. The molecule has 7 nitrogen and oxygen atoms in total. The SMILES string of the molecule is CCNC(=O)[C@H]1CC(=O)N(Cc2cc(F)c(F)c(F)c2F)C(=Nc2ccc(C(=O)OCC)cc2)S1. The second-order valence-corrected chi connectivity index (χ2v) is 8.48. The van der Waals surface area contributed by atoms with Crippen molar-refractivity contribution in [2.75, 3.05) is 13.2 Å². The van der Waals surface area contributed by atoms with Gasteiger partial charge in [0, 0.05) is 18.5 Å². The van der Waals surface area contributed by atoms with Crippen molar-refractivity contribution in [3.8, 4) is 0 Å². The summed E-state index contributed by atoms with van der Waals surface area (Å²) in [6.45, 7) is 3.25. The first kappa shape index (κ1) is 26.2. The first-order valence-corrected chi connectivity index (χ1v) is 11.5. The van der Waals surface area contributed by atoms with Crippen molar-refractivity contribution < 1.29 is 36.7 Å². The van der Waals surface area contributed by atoms with Crippen LogP contribution < -0.4 is 5.32 Å². The molecule has 35 heavy (non-hydrogen) atoms. The molecular formula is C23H21F4N3O4S. The molecule has 0 radical (unpaired) electrons. The summed E-state index contributed by atoms with van der Waals surface area (Å²) in [5.74, 6) is -8.80. The van der Waals surface area contributed by atoms with Crippen LogP contribution in [0.25, 0.3) is 0 Å². The Labute approximate surface area is 202 Å². The Morgan fingerprint density at radius 3 is 2.43 bits per heavy atom. The molecule has 0 aromatic heterocycles. The number of rotatable bonds is 7. The molecule has 1 N–H and O–H groups in total. The summed E-state index contributed by atoms with van der Waals surface area (Å²) >= 11 is 0.909. The van der Waals surface area contributed by atoms with Crippen LogP contribution in [-0.2, 0) is 20.9 Å². The third-order valence-electron chi connectivity index (χ3n) is 4.89. The molecule has 1 aliphatic heterocycles. The minimum Gasteiger partial charge on any atom is -0.462 e. The molecule has 186 valence electrons. The summed E-state index contributed by atoms with van der Waals surface area (Å²) in [5, 5.41) is 1.73. The van der Waals surface area contributed by atoms with E-state index in [1.807, 2.05) is 0 Å². The molecule has 0 spiro atoms. The highest BCUT2D eigenvalue weighted by Crippen LogP contribution is 2.31. The molecule has 2 amide bonds. The monoisotopic (exact) mass is 511 g/mol. The van der Waals surface area contributed by atoms with E-state index in [1.165, 1.54) is 24.3 Å². The number of ether oxygens (including phenoxy) is 1. The maximum absolute atomic E-state index is 14.3. The standard InChI is InChI=1S/C23H21F4N3O4S/c1-3-28-21(32)16-10-17(31)30(11-13-9-15(24)19(26)20(27)18(13)25)23(35-16)29-14-7-5-12(6-8-14)22(33)34-4-2/h5-9,16H,3-4,10-11H2,1-2H3,(H,28,32)/t16-/m1/s1. The van der Waals surface area contributed by atoms with Crippen molar-refractivity contribution in [2.24, 2.45) is 4.99 Å². The Morgan fingerprint density at radius 2 is 1.80 bits per heavy atom. The molecule has 1 saturated heterocycles. The predicted molar refractivity (Wildman–Crippen MR) is 121 cm³/mol. The van der Waals surface area contributed by atoms with Gasteiger partial charge in [-0.05, 0) is 44.2 Å². The fourth-order valence-electron chi connectivity index (χ4n) is 3.19. The zero-order chi connectivity index (χ0) is 25.7. The molecule has 1 atom stereocenters. The van der Waals surface area contributed by atoms with E-state index in [0.29, 0.717) is 12.6 Å². The number of aliphatic imine (C=N–C) groups is 1. The van der Waals surface area contributed by atoms with Crippen LogP contribution in [0.15, 0.2) is 35.3 Å². The molecule has 0 unspecified atom stereocenters. The number of hydrogen-bond acceptors (Lipinski definition) is 6. The maximum atomic E-state index is 14.3. The van der Waals surface area contributed by atoms with Gasteiger partial charge in [-0.2, -0.15) is 0 Å². The number of amidine groups is 1. The second-order valence-electron chi connectivity index (χ2n) is 7.31. The Balaban J connectivity index is 1.97. The number of benzene rings is 2. The predicted octanol–water partition coefficient (Wildman–Crippen LogP) is 4.08. The lowest BCUT2D eigenvalue weighted by Gasteiger charge is -2.32. The van der Waals surface area contributed by atoms with Crippen LogP contribution in [0.5, 0.6) is 0 Å². The number of carbonyl (C=O) groups excluding carboxylic acids is 3. The molecule has 1 fully saturated rings. The Kier molecular flexibility index (Phi) is 8.49. The van der Waals surface area contributed by atoms with Gasteiger partial charge >= 0.3 is 5.97 Å². The fourth-order valence-corrected chi connectivity index (χ4v) is 4.31. The van der Waals surface area contributed by atoms with Gasteiger partial charge in [0.25, 0.3) is 0 Å². The fraction of sp³-hybridized carbons (Fsp3) is 0.304. The Hall–Kier alpha value is -3.41. The van der Waals surface area contributed by atoms with Crippen LogP contribution in [0.2, 0.25) is 0 Å². The van der Waals surface area contributed by atoms with Crippen molar-refractivity contribution in [1.29, 1.82) is 0 Å². The second kappa shape index (κ2) is 11.3. The number of carbonyl (C=O) groups is 3. The van der Waals surface area contributed by atoms with Gasteiger partial charge in [-0.15, -0.1) is 0 Å². The van der Waals surface area contributed by atoms with Gasteiger partial charge < -0.3 is 10.1 Å². The molecule has 0 bridgehead atoms. The summed E-state index contributed by atoms with van der Waals surface area (Å²) in [6, 6.07) is 6.30. The smallest absolute Gasteiger partial charge is 0.338 e. The van der Waals surface area contributed by atoms with Crippen molar-refractivity contribution in [1.82, 2.24) is 10.2 Å². The lowest BCUT2D eigenvalue weighted by atomic mass is 10.1. The molecule has 3 rings (SSSR count). The highest BCUT2D eigenvalue weighted by molar-refractivity contribution is 8.15. The summed E-state index contributed by atoms with van der Waals surface area (Å²) in [5.41, 5.74) is -0.0523. The van der Waals surface area contributed by atoms with E-state index in [4.69, 9.17) is 4.74 Å².